The van der Waals surface area contributed by atoms with E-state index in [1.165, 1.54) is 37.3 Å². The number of hydrogen-bond acceptors (Lipinski definition) is 8. The molecule has 0 unspecified atom stereocenters. The predicted molar refractivity (Wildman–Crippen MR) is 109 cm³/mol. The third-order valence-corrected chi connectivity index (χ3v) is 6.05. The van der Waals surface area contributed by atoms with Crippen molar-refractivity contribution in [2.24, 2.45) is 0 Å². The third kappa shape index (κ3) is 3.69. The minimum atomic E-state index is -4.48. The van der Waals surface area contributed by atoms with Crippen LogP contribution in [0.3, 0.4) is 0 Å². The molecule has 1 heterocycles. The average Bonchev–Trinajstić information content (AvgIpc) is 3.15. The van der Waals surface area contributed by atoms with Crippen molar-refractivity contribution in [3.63, 3.8) is 0 Å². The summed E-state index contributed by atoms with van der Waals surface area (Å²) < 4.78 is 32.0. The number of nitrogens with zero attached hydrogens (tertiary/aromatic N) is 4. The number of aliphatic hydroxyl groups is 1. The van der Waals surface area contributed by atoms with Crippen LogP contribution in [0.2, 0.25) is 0 Å². The highest BCUT2D eigenvalue weighted by atomic mass is 32.2. The Labute approximate surface area is 175 Å². The van der Waals surface area contributed by atoms with Gasteiger partial charge < -0.3 is 9.84 Å². The number of nitro groups is 1. The molecule has 31 heavy (non-hydrogen) atoms. The first kappa shape index (κ1) is 21.5. The van der Waals surface area contributed by atoms with Crippen LogP contribution >= 0.6 is 0 Å². The second-order valence-electron chi connectivity index (χ2n) is 6.10. The summed E-state index contributed by atoms with van der Waals surface area (Å²) in [5.74, 6) is -1.95. The van der Waals surface area contributed by atoms with Gasteiger partial charge in [-0.2, -0.15) is 0 Å². The van der Waals surface area contributed by atoms with Crippen LogP contribution in [-0.4, -0.2) is 35.0 Å². The SMILES string of the molecule is CCOC(=O)/C([N+]#N)=C(\O)c1cn(S(=O)(=O)c2ccccc2[N+](=O)[O-])c2ccccc12. The van der Waals surface area contributed by atoms with Crippen LogP contribution in [0.15, 0.2) is 65.3 Å². The molecule has 0 aliphatic carbocycles. The van der Waals surface area contributed by atoms with Gasteiger partial charge in [0.2, 0.25) is 11.2 Å². The number of benzene rings is 2. The minimum absolute atomic E-state index is 0.0566. The lowest BCUT2D eigenvalue weighted by Crippen LogP contribution is -2.13. The van der Waals surface area contributed by atoms with E-state index >= 15 is 0 Å². The molecule has 11 nitrogen and oxygen atoms in total. The Bertz CT molecular complexity index is 1380. The molecular weight excluding hydrogens is 428 g/mol. The molecule has 2 aromatic carbocycles. The van der Waals surface area contributed by atoms with Crippen LogP contribution in [0, 0.1) is 15.5 Å². The van der Waals surface area contributed by atoms with Gasteiger partial charge in [-0.25, -0.2) is 17.2 Å². The number of nitro benzene ring substituents is 1. The summed E-state index contributed by atoms with van der Waals surface area (Å²) in [6, 6.07) is 10.8. The fraction of sp³-hybridized carbons (Fsp3) is 0.105. The van der Waals surface area contributed by atoms with E-state index in [0.717, 1.165) is 22.3 Å². The Morgan fingerprint density at radius 1 is 1.23 bits per heavy atom. The van der Waals surface area contributed by atoms with Crippen LogP contribution in [0.1, 0.15) is 12.5 Å². The van der Waals surface area contributed by atoms with Gasteiger partial charge in [0.25, 0.3) is 15.7 Å². The van der Waals surface area contributed by atoms with Gasteiger partial charge in [-0.15, -0.1) is 0 Å². The standard InChI is InChI=1S/C19H14N4O7S/c1-2-30-19(25)17(21-20)18(24)13-11-22(14-8-4-3-7-12(13)14)31(28,29)16-10-6-5-9-15(16)23(26)27/h3-11H,2H2,1H3/p+1. The Hall–Kier alpha value is -4.24. The van der Waals surface area contributed by atoms with Crippen molar-refractivity contribution in [3.05, 3.63) is 81.1 Å². The Kier molecular flexibility index (Phi) is 5.71. The van der Waals surface area contributed by atoms with Crippen molar-refractivity contribution in [1.29, 1.82) is 5.39 Å². The van der Waals surface area contributed by atoms with Crippen LogP contribution < -0.4 is 0 Å². The summed E-state index contributed by atoms with van der Waals surface area (Å²) >= 11 is 0. The highest BCUT2D eigenvalue weighted by molar-refractivity contribution is 7.90. The lowest BCUT2D eigenvalue weighted by Gasteiger charge is -2.07. The summed E-state index contributed by atoms with van der Waals surface area (Å²) in [5.41, 5.74) is -1.53. The number of hydrogen-bond donors (Lipinski definition) is 1. The molecule has 0 radical (unpaired) electrons. The molecule has 1 aromatic heterocycles. The molecule has 3 aromatic rings. The zero-order valence-corrected chi connectivity index (χ0v) is 16.8. The molecule has 0 spiro atoms. The van der Waals surface area contributed by atoms with E-state index in [1.807, 2.05) is 0 Å². The van der Waals surface area contributed by atoms with Crippen molar-refractivity contribution < 1.29 is 28.0 Å². The number of aliphatic hydroxyl groups excluding tert-OH is 1. The summed E-state index contributed by atoms with van der Waals surface area (Å²) in [5, 5.41) is 31.3. The molecular formula is C19H15N4O7S+. The second-order valence-corrected chi connectivity index (χ2v) is 7.89. The van der Waals surface area contributed by atoms with E-state index < -0.39 is 43.0 Å². The number of carbonyl (C=O) groups excluding carboxylic acids is 1. The Morgan fingerprint density at radius 3 is 2.52 bits per heavy atom. The monoisotopic (exact) mass is 443 g/mol. The fourth-order valence-electron chi connectivity index (χ4n) is 2.98. The number of para-hydroxylation sites is 2. The highest BCUT2D eigenvalue weighted by Gasteiger charge is 2.35. The quantitative estimate of drug-likeness (QED) is 0.152. The molecule has 0 fully saturated rings. The van der Waals surface area contributed by atoms with Gasteiger partial charge in [-0.3, -0.25) is 10.1 Å². The van der Waals surface area contributed by atoms with E-state index in [9.17, 15) is 33.8 Å². The number of carbonyl (C=O) groups is 1. The summed E-state index contributed by atoms with van der Waals surface area (Å²) in [6.45, 7) is 1.45. The van der Waals surface area contributed by atoms with E-state index in [-0.39, 0.29) is 23.1 Å². The van der Waals surface area contributed by atoms with E-state index in [4.69, 9.17) is 4.74 Å². The second kappa shape index (κ2) is 8.25. The summed E-state index contributed by atoms with van der Waals surface area (Å²) in [7, 11) is -4.48. The Balaban J connectivity index is 2.33. The van der Waals surface area contributed by atoms with E-state index in [2.05, 4.69) is 4.98 Å². The molecule has 0 amide bonds. The molecule has 0 atom stereocenters. The average molecular weight is 443 g/mol. The first-order valence-corrected chi connectivity index (χ1v) is 10.2. The topological polar surface area (TPSA) is 157 Å². The smallest absolute Gasteiger partial charge is 0.501 e. The van der Waals surface area contributed by atoms with Crippen molar-refractivity contribution in [3.8, 4) is 0 Å². The maximum atomic E-state index is 13.3. The lowest BCUT2D eigenvalue weighted by atomic mass is 10.1. The minimum Gasteiger partial charge on any atom is -0.501 e. The van der Waals surface area contributed by atoms with Crippen molar-refractivity contribution in [1.82, 2.24) is 3.97 Å². The number of esters is 1. The van der Waals surface area contributed by atoms with Crippen LogP contribution in [0.25, 0.3) is 21.6 Å². The molecule has 3 rings (SSSR count). The number of ether oxygens (including phenoxy) is 1. The van der Waals surface area contributed by atoms with Gasteiger partial charge in [-0.05, 0) is 19.1 Å². The molecule has 0 saturated carbocycles. The largest absolute Gasteiger partial charge is 0.510 e. The van der Waals surface area contributed by atoms with Gasteiger partial charge in [0.15, 0.2) is 9.87 Å². The van der Waals surface area contributed by atoms with Gasteiger partial charge >= 0.3 is 11.7 Å². The van der Waals surface area contributed by atoms with Crippen LogP contribution in [0.4, 0.5) is 5.69 Å². The van der Waals surface area contributed by atoms with E-state index in [0.29, 0.717) is 0 Å². The zero-order valence-electron chi connectivity index (χ0n) is 16.0. The molecule has 12 heteroatoms. The zero-order chi connectivity index (χ0) is 22.8. The molecule has 1 N–H and O–H groups in total. The fourth-order valence-corrected chi connectivity index (χ4v) is 4.51. The van der Waals surface area contributed by atoms with Gasteiger partial charge in [0.1, 0.15) is 0 Å². The number of rotatable bonds is 6. The first-order chi connectivity index (χ1) is 14.7. The Morgan fingerprint density at radius 2 is 1.87 bits per heavy atom. The molecule has 0 bridgehead atoms. The maximum absolute atomic E-state index is 13.3. The van der Waals surface area contributed by atoms with Gasteiger partial charge in [0, 0.05) is 17.6 Å². The third-order valence-electron chi connectivity index (χ3n) is 4.33. The molecule has 0 aliphatic heterocycles. The summed E-state index contributed by atoms with van der Waals surface area (Å²) in [6.07, 6.45) is 0.983. The van der Waals surface area contributed by atoms with Crippen molar-refractivity contribution in [2.75, 3.05) is 6.61 Å². The predicted octanol–water partition coefficient (Wildman–Crippen LogP) is 3.43. The molecule has 0 saturated heterocycles. The van der Waals surface area contributed by atoms with Crippen molar-refractivity contribution >= 4 is 38.3 Å². The first-order valence-electron chi connectivity index (χ1n) is 8.79. The lowest BCUT2D eigenvalue weighted by molar-refractivity contribution is -0.387. The summed E-state index contributed by atoms with van der Waals surface area (Å²) in [4.78, 5) is 24.7. The molecule has 0 aliphatic rings. The van der Waals surface area contributed by atoms with Crippen molar-refractivity contribution in [2.45, 2.75) is 11.8 Å². The van der Waals surface area contributed by atoms with Gasteiger partial charge in [-0.1, -0.05) is 30.3 Å². The highest BCUT2D eigenvalue weighted by Crippen LogP contribution is 2.33. The van der Waals surface area contributed by atoms with E-state index in [1.54, 1.807) is 6.07 Å². The number of fused-ring (bicyclic) bond motifs is 1. The molecule has 158 valence electrons. The number of aromatic nitrogens is 1. The maximum Gasteiger partial charge on any atom is 0.510 e. The normalized spacial score (nSPS) is 12.1. The van der Waals surface area contributed by atoms with Crippen LogP contribution in [0.5, 0.6) is 0 Å². The van der Waals surface area contributed by atoms with Crippen LogP contribution in [-0.2, 0) is 19.6 Å². The number of diazo groups is 1. The van der Waals surface area contributed by atoms with Gasteiger partial charge in [0.05, 0.1) is 22.6 Å².